The van der Waals surface area contributed by atoms with E-state index in [1.54, 1.807) is 42.2 Å². The Morgan fingerprint density at radius 2 is 1.81 bits per heavy atom. The number of hydrogen-bond acceptors (Lipinski definition) is 3. The summed E-state index contributed by atoms with van der Waals surface area (Å²) in [5.41, 5.74) is 0.966. The van der Waals surface area contributed by atoms with Gasteiger partial charge in [-0.1, -0.05) is 11.6 Å². The molecule has 2 aromatic carbocycles. The first-order valence-corrected chi connectivity index (χ1v) is 9.52. The quantitative estimate of drug-likeness (QED) is 0.707. The number of halogens is 3. The Bertz CT molecular complexity index is 780. The molecule has 0 bridgehead atoms. The maximum Gasteiger partial charge on any atom is 0.263 e. The molecular weight excluding hydrogens is 423 g/mol. The van der Waals surface area contributed by atoms with Crippen LogP contribution in [-0.4, -0.2) is 43.1 Å². The molecule has 0 aromatic heterocycles. The van der Waals surface area contributed by atoms with Gasteiger partial charge in [-0.25, -0.2) is 4.39 Å². The van der Waals surface area contributed by atoms with Gasteiger partial charge in [0.15, 0.2) is 6.10 Å². The summed E-state index contributed by atoms with van der Waals surface area (Å²) in [5, 5.41) is 0.597. The normalized spacial score (nSPS) is 15.7. The maximum atomic E-state index is 13.0. The van der Waals surface area contributed by atoms with E-state index in [4.69, 9.17) is 16.3 Å². The number of carbonyl (C=O) groups excluding carboxylic acids is 1. The first-order valence-electron chi connectivity index (χ1n) is 8.35. The van der Waals surface area contributed by atoms with Gasteiger partial charge in [-0.3, -0.25) is 4.79 Å². The van der Waals surface area contributed by atoms with Gasteiger partial charge in [0.1, 0.15) is 11.6 Å². The van der Waals surface area contributed by atoms with Crippen molar-refractivity contribution in [3.8, 4) is 5.75 Å². The summed E-state index contributed by atoms with van der Waals surface area (Å²) in [5.74, 6) is 0.285. The second kappa shape index (κ2) is 8.27. The molecule has 1 unspecified atom stereocenters. The lowest BCUT2D eigenvalue weighted by atomic mass is 10.2. The van der Waals surface area contributed by atoms with Crippen molar-refractivity contribution in [2.24, 2.45) is 0 Å². The molecule has 1 saturated heterocycles. The van der Waals surface area contributed by atoms with E-state index in [1.807, 2.05) is 0 Å². The summed E-state index contributed by atoms with van der Waals surface area (Å²) in [6, 6.07) is 11.6. The highest BCUT2D eigenvalue weighted by Gasteiger charge is 2.26. The Morgan fingerprint density at radius 1 is 1.15 bits per heavy atom. The molecule has 0 saturated carbocycles. The molecule has 0 radical (unpaired) electrons. The molecule has 1 heterocycles. The van der Waals surface area contributed by atoms with Crippen molar-refractivity contribution in [2.45, 2.75) is 13.0 Å². The van der Waals surface area contributed by atoms with Crippen LogP contribution in [0, 0.1) is 5.82 Å². The largest absolute Gasteiger partial charge is 0.480 e. The van der Waals surface area contributed by atoms with Crippen molar-refractivity contribution in [1.29, 1.82) is 0 Å². The third kappa shape index (κ3) is 4.48. The van der Waals surface area contributed by atoms with Crippen LogP contribution in [-0.2, 0) is 4.79 Å². The van der Waals surface area contributed by atoms with E-state index in [2.05, 4.69) is 20.8 Å². The monoisotopic (exact) mass is 440 g/mol. The number of nitrogens with zero attached hydrogens (tertiary/aromatic N) is 2. The van der Waals surface area contributed by atoms with Crippen LogP contribution in [0.5, 0.6) is 5.75 Å². The average molecular weight is 442 g/mol. The van der Waals surface area contributed by atoms with Gasteiger partial charge in [-0.05, 0) is 65.3 Å². The fourth-order valence-corrected chi connectivity index (χ4v) is 3.68. The molecule has 138 valence electrons. The van der Waals surface area contributed by atoms with E-state index >= 15 is 0 Å². The van der Waals surface area contributed by atoms with E-state index in [1.165, 1.54) is 12.1 Å². The molecule has 1 aliphatic rings. The topological polar surface area (TPSA) is 32.8 Å². The van der Waals surface area contributed by atoms with Crippen LogP contribution in [0.25, 0.3) is 0 Å². The van der Waals surface area contributed by atoms with E-state index in [0.29, 0.717) is 41.4 Å². The molecular formula is C19H19BrClFN2O2. The predicted octanol–water partition coefficient (Wildman–Crippen LogP) is 4.36. The Morgan fingerprint density at radius 3 is 2.42 bits per heavy atom. The molecule has 1 fully saturated rings. The van der Waals surface area contributed by atoms with Gasteiger partial charge in [0.2, 0.25) is 0 Å². The predicted molar refractivity (Wildman–Crippen MR) is 104 cm³/mol. The van der Waals surface area contributed by atoms with E-state index in [0.717, 1.165) is 5.69 Å². The van der Waals surface area contributed by atoms with Gasteiger partial charge < -0.3 is 14.5 Å². The lowest BCUT2D eigenvalue weighted by Crippen LogP contribution is -2.52. The van der Waals surface area contributed by atoms with Crippen molar-refractivity contribution in [3.63, 3.8) is 0 Å². The highest BCUT2D eigenvalue weighted by molar-refractivity contribution is 9.10. The number of anilines is 1. The molecule has 2 aromatic rings. The summed E-state index contributed by atoms with van der Waals surface area (Å²) in [4.78, 5) is 16.6. The highest BCUT2D eigenvalue weighted by Crippen LogP contribution is 2.29. The summed E-state index contributed by atoms with van der Waals surface area (Å²) in [6.07, 6.45) is -0.593. The zero-order valence-electron chi connectivity index (χ0n) is 14.3. The lowest BCUT2D eigenvalue weighted by Gasteiger charge is -2.37. The summed E-state index contributed by atoms with van der Waals surface area (Å²) >= 11 is 9.32. The first kappa shape index (κ1) is 19.0. The van der Waals surface area contributed by atoms with Crippen molar-refractivity contribution < 1.29 is 13.9 Å². The minimum Gasteiger partial charge on any atom is -0.480 e. The highest BCUT2D eigenvalue weighted by atomic mass is 79.9. The number of carbonyl (C=O) groups is 1. The standard InChI is InChI=1S/C19H19BrClFN2O2/c1-13(26-18-7-2-14(21)12-17(18)20)19(25)24-10-8-23(9-11-24)16-5-3-15(22)4-6-16/h2-7,12-13H,8-11H2,1H3. The Balaban J connectivity index is 1.56. The maximum absolute atomic E-state index is 13.0. The minimum absolute atomic E-state index is 0.0504. The number of hydrogen-bond donors (Lipinski definition) is 0. The van der Waals surface area contributed by atoms with E-state index in [9.17, 15) is 9.18 Å². The summed E-state index contributed by atoms with van der Waals surface area (Å²) in [6.45, 7) is 4.36. The van der Waals surface area contributed by atoms with Crippen LogP contribution < -0.4 is 9.64 Å². The Hall–Kier alpha value is -1.79. The molecule has 1 aliphatic heterocycles. The van der Waals surface area contributed by atoms with Crippen molar-refractivity contribution in [2.75, 3.05) is 31.1 Å². The Kier molecular flexibility index (Phi) is 6.04. The number of benzene rings is 2. The van der Waals surface area contributed by atoms with Crippen LogP contribution in [0.4, 0.5) is 10.1 Å². The number of rotatable bonds is 4. The molecule has 3 rings (SSSR count). The van der Waals surface area contributed by atoms with Crippen LogP contribution in [0.3, 0.4) is 0 Å². The molecule has 1 amide bonds. The summed E-state index contributed by atoms with van der Waals surface area (Å²) in [7, 11) is 0. The summed E-state index contributed by atoms with van der Waals surface area (Å²) < 4.78 is 19.5. The smallest absolute Gasteiger partial charge is 0.263 e. The molecule has 0 N–H and O–H groups in total. The average Bonchev–Trinajstić information content (AvgIpc) is 2.64. The zero-order valence-corrected chi connectivity index (χ0v) is 16.6. The molecule has 7 heteroatoms. The first-order chi connectivity index (χ1) is 12.4. The van der Waals surface area contributed by atoms with Crippen LogP contribution >= 0.6 is 27.5 Å². The van der Waals surface area contributed by atoms with E-state index in [-0.39, 0.29) is 11.7 Å². The van der Waals surface area contributed by atoms with Crippen LogP contribution in [0.1, 0.15) is 6.92 Å². The van der Waals surface area contributed by atoms with Gasteiger partial charge in [0.05, 0.1) is 4.47 Å². The van der Waals surface area contributed by atoms with Crippen molar-refractivity contribution in [3.05, 3.63) is 57.8 Å². The molecule has 0 spiro atoms. The van der Waals surface area contributed by atoms with Gasteiger partial charge in [-0.15, -0.1) is 0 Å². The third-order valence-corrected chi connectivity index (χ3v) is 5.18. The van der Waals surface area contributed by atoms with E-state index < -0.39 is 6.10 Å². The molecule has 1 atom stereocenters. The van der Waals surface area contributed by atoms with Gasteiger partial charge in [0.25, 0.3) is 5.91 Å². The van der Waals surface area contributed by atoms with Crippen LogP contribution in [0.15, 0.2) is 46.9 Å². The second-order valence-corrected chi connectivity index (χ2v) is 7.41. The van der Waals surface area contributed by atoms with Gasteiger partial charge in [-0.2, -0.15) is 0 Å². The Labute approximate surface area is 165 Å². The zero-order chi connectivity index (χ0) is 18.7. The molecule has 0 aliphatic carbocycles. The number of amides is 1. The van der Waals surface area contributed by atoms with Gasteiger partial charge >= 0.3 is 0 Å². The van der Waals surface area contributed by atoms with Crippen LogP contribution in [0.2, 0.25) is 5.02 Å². The third-order valence-electron chi connectivity index (χ3n) is 4.33. The fraction of sp³-hybridized carbons (Fsp3) is 0.316. The second-order valence-electron chi connectivity index (χ2n) is 6.12. The van der Waals surface area contributed by atoms with Crippen molar-refractivity contribution in [1.82, 2.24) is 4.90 Å². The molecule has 26 heavy (non-hydrogen) atoms. The fourth-order valence-electron chi connectivity index (χ4n) is 2.91. The number of ether oxygens (including phenoxy) is 1. The SMILES string of the molecule is CC(Oc1ccc(Cl)cc1Br)C(=O)N1CCN(c2ccc(F)cc2)CC1. The lowest BCUT2D eigenvalue weighted by molar-refractivity contribution is -0.138. The van der Waals surface area contributed by atoms with Gasteiger partial charge in [0, 0.05) is 36.9 Å². The minimum atomic E-state index is -0.593. The molecule has 4 nitrogen and oxygen atoms in total. The van der Waals surface area contributed by atoms with Crippen molar-refractivity contribution >= 4 is 39.1 Å². The number of piperazine rings is 1.